The standard InChI is InChI=1S/C19H24FN5O2S2/c20-17-6-4-16(5-7-17)15-23-19(28)22-9-14-29(26,27)25-12-10-24(11-13-25)18-3-1-2-8-21-18/h1-8H,9-15H2,(H2,22,23,28). The second-order valence-corrected chi connectivity index (χ2v) is 9.12. The van der Waals surface area contributed by atoms with Crippen molar-refractivity contribution in [3.8, 4) is 0 Å². The predicted molar refractivity (Wildman–Crippen MR) is 116 cm³/mol. The molecule has 2 N–H and O–H groups in total. The Morgan fingerprint density at radius 3 is 2.45 bits per heavy atom. The second kappa shape index (κ2) is 9.95. The van der Waals surface area contributed by atoms with Gasteiger partial charge in [0.05, 0.1) is 5.75 Å². The molecule has 29 heavy (non-hydrogen) atoms. The molecule has 0 bridgehead atoms. The zero-order valence-corrected chi connectivity index (χ0v) is 17.6. The Balaban J connectivity index is 1.38. The number of halogens is 1. The second-order valence-electron chi connectivity index (χ2n) is 6.63. The summed E-state index contributed by atoms with van der Waals surface area (Å²) in [5, 5.41) is 6.26. The Morgan fingerprint density at radius 1 is 1.07 bits per heavy atom. The van der Waals surface area contributed by atoms with Crippen molar-refractivity contribution in [3.05, 3.63) is 60.0 Å². The Morgan fingerprint density at radius 2 is 1.79 bits per heavy atom. The number of aromatic nitrogens is 1. The topological polar surface area (TPSA) is 77.6 Å². The summed E-state index contributed by atoms with van der Waals surface area (Å²) in [5.74, 6) is 0.541. The van der Waals surface area contributed by atoms with E-state index in [4.69, 9.17) is 12.2 Å². The average Bonchev–Trinajstić information content (AvgIpc) is 2.74. The fourth-order valence-corrected chi connectivity index (χ4v) is 4.52. The van der Waals surface area contributed by atoms with Crippen LogP contribution in [0.3, 0.4) is 0 Å². The molecule has 1 aliphatic heterocycles. The van der Waals surface area contributed by atoms with Gasteiger partial charge in [0.25, 0.3) is 0 Å². The first kappa shape index (κ1) is 21.4. The maximum Gasteiger partial charge on any atom is 0.215 e. The number of nitrogens with zero attached hydrogens (tertiary/aromatic N) is 3. The van der Waals surface area contributed by atoms with Gasteiger partial charge < -0.3 is 15.5 Å². The molecule has 1 aromatic carbocycles. The highest BCUT2D eigenvalue weighted by molar-refractivity contribution is 7.89. The first-order chi connectivity index (χ1) is 13.9. The molecule has 1 fully saturated rings. The molecule has 1 saturated heterocycles. The van der Waals surface area contributed by atoms with Crippen LogP contribution in [0.15, 0.2) is 48.7 Å². The summed E-state index contributed by atoms with van der Waals surface area (Å²) in [6.45, 7) is 2.76. The molecule has 0 unspecified atom stereocenters. The molecule has 0 aliphatic carbocycles. The van der Waals surface area contributed by atoms with Crippen LogP contribution in [0, 0.1) is 5.82 Å². The largest absolute Gasteiger partial charge is 0.362 e. The van der Waals surface area contributed by atoms with E-state index in [1.54, 1.807) is 18.3 Å². The van der Waals surface area contributed by atoms with E-state index in [-0.39, 0.29) is 18.1 Å². The molecular formula is C19H24FN5O2S2. The zero-order chi connectivity index (χ0) is 20.7. The zero-order valence-electron chi connectivity index (χ0n) is 15.9. The highest BCUT2D eigenvalue weighted by atomic mass is 32.2. The van der Waals surface area contributed by atoms with Crippen LogP contribution < -0.4 is 15.5 Å². The van der Waals surface area contributed by atoms with E-state index in [1.807, 2.05) is 18.2 Å². The highest BCUT2D eigenvalue weighted by Crippen LogP contribution is 2.14. The number of pyridine rings is 1. The summed E-state index contributed by atoms with van der Waals surface area (Å²) in [7, 11) is -3.36. The van der Waals surface area contributed by atoms with Crippen molar-refractivity contribution in [1.82, 2.24) is 19.9 Å². The molecule has 0 spiro atoms. The Hall–Kier alpha value is -2.30. The number of thiocarbonyl (C=S) groups is 1. The van der Waals surface area contributed by atoms with Crippen molar-refractivity contribution in [2.24, 2.45) is 0 Å². The van der Waals surface area contributed by atoms with Crippen LogP contribution in [0.1, 0.15) is 5.56 Å². The molecule has 0 amide bonds. The smallest absolute Gasteiger partial charge is 0.215 e. The van der Waals surface area contributed by atoms with Crippen molar-refractivity contribution in [3.63, 3.8) is 0 Å². The Kier molecular flexibility index (Phi) is 7.34. The monoisotopic (exact) mass is 437 g/mol. The maximum atomic E-state index is 12.9. The lowest BCUT2D eigenvalue weighted by Crippen LogP contribution is -2.50. The Bertz CT molecular complexity index is 902. The molecule has 10 heteroatoms. The first-order valence-corrected chi connectivity index (χ1v) is 11.4. The van der Waals surface area contributed by atoms with Gasteiger partial charge in [-0.3, -0.25) is 0 Å². The molecule has 0 atom stereocenters. The van der Waals surface area contributed by atoms with Crippen molar-refractivity contribution in [1.29, 1.82) is 0 Å². The molecule has 3 rings (SSSR count). The van der Waals surface area contributed by atoms with Crippen molar-refractivity contribution in [2.75, 3.05) is 43.4 Å². The lowest BCUT2D eigenvalue weighted by molar-refractivity contribution is 0.384. The van der Waals surface area contributed by atoms with Gasteiger partial charge in [0.15, 0.2) is 5.11 Å². The van der Waals surface area contributed by atoms with Crippen molar-refractivity contribution < 1.29 is 12.8 Å². The van der Waals surface area contributed by atoms with Gasteiger partial charge in [-0.1, -0.05) is 18.2 Å². The normalized spacial score (nSPS) is 15.1. The molecular weight excluding hydrogens is 413 g/mol. The van der Waals surface area contributed by atoms with E-state index in [9.17, 15) is 12.8 Å². The van der Waals surface area contributed by atoms with Gasteiger partial charge in [0.1, 0.15) is 11.6 Å². The molecule has 1 aromatic heterocycles. The van der Waals surface area contributed by atoms with Gasteiger partial charge in [0.2, 0.25) is 10.0 Å². The van der Waals surface area contributed by atoms with Gasteiger partial charge in [-0.05, 0) is 42.0 Å². The first-order valence-electron chi connectivity index (χ1n) is 9.34. The van der Waals surface area contributed by atoms with Crippen LogP contribution in [0.25, 0.3) is 0 Å². The van der Waals surface area contributed by atoms with E-state index in [0.717, 1.165) is 11.4 Å². The summed E-state index contributed by atoms with van der Waals surface area (Å²) < 4.78 is 39.6. The van der Waals surface area contributed by atoms with Crippen LogP contribution in [0.5, 0.6) is 0 Å². The maximum absolute atomic E-state index is 12.9. The lowest BCUT2D eigenvalue weighted by atomic mass is 10.2. The molecule has 2 aromatic rings. The fraction of sp³-hybridized carbons (Fsp3) is 0.368. The third-order valence-electron chi connectivity index (χ3n) is 4.62. The average molecular weight is 438 g/mol. The fourth-order valence-electron chi connectivity index (χ4n) is 3.01. The lowest BCUT2D eigenvalue weighted by Gasteiger charge is -2.34. The van der Waals surface area contributed by atoms with Gasteiger partial charge >= 0.3 is 0 Å². The summed E-state index contributed by atoms with van der Waals surface area (Å²) >= 11 is 5.17. The summed E-state index contributed by atoms with van der Waals surface area (Å²) in [4.78, 5) is 6.39. The third kappa shape index (κ3) is 6.34. The van der Waals surface area contributed by atoms with Crippen LogP contribution in [0.2, 0.25) is 0 Å². The Labute approximate surface area is 176 Å². The number of hydrogen-bond donors (Lipinski definition) is 2. The number of piperazine rings is 1. The minimum Gasteiger partial charge on any atom is -0.362 e. The van der Waals surface area contributed by atoms with E-state index >= 15 is 0 Å². The molecule has 0 saturated carbocycles. The van der Waals surface area contributed by atoms with E-state index in [1.165, 1.54) is 16.4 Å². The predicted octanol–water partition coefficient (Wildman–Crippen LogP) is 1.34. The summed E-state index contributed by atoms with van der Waals surface area (Å²) in [5.41, 5.74) is 0.883. The van der Waals surface area contributed by atoms with Gasteiger partial charge in [-0.15, -0.1) is 0 Å². The van der Waals surface area contributed by atoms with E-state index in [0.29, 0.717) is 37.8 Å². The number of hydrogen-bond acceptors (Lipinski definition) is 5. The highest BCUT2D eigenvalue weighted by Gasteiger charge is 2.27. The quantitative estimate of drug-likeness (QED) is 0.633. The van der Waals surface area contributed by atoms with Crippen LogP contribution in [-0.4, -0.2) is 61.3 Å². The molecule has 2 heterocycles. The molecule has 1 aliphatic rings. The minimum atomic E-state index is -3.36. The number of benzene rings is 1. The van der Waals surface area contributed by atoms with Crippen molar-refractivity contribution >= 4 is 33.2 Å². The molecule has 7 nitrogen and oxygen atoms in total. The van der Waals surface area contributed by atoms with Crippen LogP contribution >= 0.6 is 12.2 Å². The van der Waals surface area contributed by atoms with E-state index in [2.05, 4.69) is 20.5 Å². The minimum absolute atomic E-state index is 0.0328. The van der Waals surface area contributed by atoms with Gasteiger partial charge in [0, 0.05) is 45.5 Å². The van der Waals surface area contributed by atoms with Crippen molar-refractivity contribution in [2.45, 2.75) is 6.54 Å². The van der Waals surface area contributed by atoms with Crippen LogP contribution in [-0.2, 0) is 16.6 Å². The number of anilines is 1. The molecule has 0 radical (unpaired) electrons. The summed E-state index contributed by atoms with van der Waals surface area (Å²) in [6, 6.07) is 11.8. The number of nitrogens with one attached hydrogen (secondary N) is 2. The molecule has 156 valence electrons. The summed E-state index contributed by atoms with van der Waals surface area (Å²) in [6.07, 6.45) is 1.73. The SMILES string of the molecule is O=S(=O)(CCNC(=S)NCc1ccc(F)cc1)N1CCN(c2ccccn2)CC1. The van der Waals surface area contributed by atoms with Crippen LogP contribution in [0.4, 0.5) is 10.2 Å². The van der Waals surface area contributed by atoms with Gasteiger partial charge in [-0.2, -0.15) is 4.31 Å². The number of sulfonamides is 1. The third-order valence-corrected chi connectivity index (χ3v) is 6.78. The van der Waals surface area contributed by atoms with Gasteiger partial charge in [-0.25, -0.2) is 17.8 Å². The number of rotatable bonds is 7. The van der Waals surface area contributed by atoms with E-state index < -0.39 is 10.0 Å².